The molecule has 132 valence electrons. The molecule has 0 bridgehead atoms. The predicted molar refractivity (Wildman–Crippen MR) is 102 cm³/mol. The van der Waals surface area contributed by atoms with Crippen molar-refractivity contribution in [1.29, 1.82) is 0 Å². The van der Waals surface area contributed by atoms with E-state index in [0.29, 0.717) is 18.2 Å². The number of nitrogens with zero attached hydrogens (tertiary/aromatic N) is 3. The number of carbonyl (C=O) groups is 1. The minimum absolute atomic E-state index is 0.0267. The second-order valence-corrected chi connectivity index (χ2v) is 7.57. The molecule has 1 heterocycles. The van der Waals surface area contributed by atoms with Gasteiger partial charge in [0, 0.05) is 18.2 Å². The highest BCUT2D eigenvalue weighted by molar-refractivity contribution is 7.99. The number of nitrogens with one attached hydrogen (secondary N) is 1. The monoisotopic (exact) mass is 356 g/mol. The highest BCUT2D eigenvalue weighted by Gasteiger charge is 2.30. The molecule has 1 fully saturated rings. The van der Waals surface area contributed by atoms with E-state index in [1.165, 1.54) is 30.2 Å². The molecular formula is C19H24N4OS. The lowest BCUT2D eigenvalue weighted by atomic mass is 10.1. The predicted octanol–water partition coefficient (Wildman–Crippen LogP) is 4.00. The minimum atomic E-state index is -0.0267. The summed E-state index contributed by atoms with van der Waals surface area (Å²) in [6, 6.07) is 4.16. The van der Waals surface area contributed by atoms with Gasteiger partial charge in [-0.2, -0.15) is 0 Å². The molecule has 0 radical (unpaired) electrons. The van der Waals surface area contributed by atoms with Crippen molar-refractivity contribution in [3.8, 4) is 0 Å². The van der Waals surface area contributed by atoms with Gasteiger partial charge in [0.25, 0.3) is 0 Å². The maximum atomic E-state index is 12.4. The van der Waals surface area contributed by atoms with Gasteiger partial charge in [-0.25, -0.2) is 0 Å². The molecule has 1 aliphatic carbocycles. The molecule has 0 unspecified atom stereocenters. The van der Waals surface area contributed by atoms with Gasteiger partial charge in [-0.15, -0.1) is 16.8 Å². The van der Waals surface area contributed by atoms with Crippen LogP contribution in [0.25, 0.3) is 0 Å². The highest BCUT2D eigenvalue weighted by Crippen LogP contribution is 2.40. The van der Waals surface area contributed by atoms with E-state index in [1.54, 1.807) is 0 Å². The molecule has 2 aromatic rings. The number of hydrogen-bond acceptors (Lipinski definition) is 4. The summed E-state index contributed by atoms with van der Waals surface area (Å²) >= 11 is 1.42. The zero-order valence-corrected chi connectivity index (χ0v) is 15.8. The minimum Gasteiger partial charge on any atom is -0.325 e. The molecule has 5 nitrogen and oxygen atoms in total. The second-order valence-electron chi connectivity index (χ2n) is 6.62. The number of anilines is 1. The van der Waals surface area contributed by atoms with E-state index in [4.69, 9.17) is 0 Å². The van der Waals surface area contributed by atoms with Gasteiger partial charge in [0.05, 0.1) is 5.75 Å². The summed E-state index contributed by atoms with van der Waals surface area (Å²) in [4.78, 5) is 12.4. The normalized spacial score (nSPS) is 13.7. The summed E-state index contributed by atoms with van der Waals surface area (Å²) in [5, 5.41) is 12.4. The first kappa shape index (κ1) is 17.7. The number of aromatic nitrogens is 3. The molecule has 1 aliphatic rings. The first-order valence-electron chi connectivity index (χ1n) is 8.54. The Morgan fingerprint density at radius 2 is 2.00 bits per heavy atom. The number of thioether (sulfide) groups is 1. The van der Waals surface area contributed by atoms with Crippen molar-refractivity contribution in [1.82, 2.24) is 14.8 Å². The molecule has 0 atom stereocenters. The van der Waals surface area contributed by atoms with Crippen LogP contribution in [0.15, 0.2) is 29.9 Å². The SMILES string of the molecule is C=CCn1c(SCC(=O)Nc2c(C)cc(C)cc2C)nnc1C1CC1. The second kappa shape index (κ2) is 7.44. The van der Waals surface area contributed by atoms with E-state index in [-0.39, 0.29) is 5.91 Å². The van der Waals surface area contributed by atoms with Crippen LogP contribution in [-0.2, 0) is 11.3 Å². The first-order valence-corrected chi connectivity index (χ1v) is 9.52. The topological polar surface area (TPSA) is 59.8 Å². The van der Waals surface area contributed by atoms with Crippen LogP contribution in [0.4, 0.5) is 5.69 Å². The van der Waals surface area contributed by atoms with E-state index in [9.17, 15) is 4.79 Å². The third kappa shape index (κ3) is 4.12. The number of aryl methyl sites for hydroxylation is 3. The number of carbonyl (C=O) groups excluding carboxylic acids is 1. The number of rotatable bonds is 7. The Hall–Kier alpha value is -2.08. The van der Waals surface area contributed by atoms with Crippen molar-refractivity contribution >= 4 is 23.4 Å². The first-order chi connectivity index (χ1) is 12.0. The van der Waals surface area contributed by atoms with Crippen LogP contribution in [0.5, 0.6) is 0 Å². The fourth-order valence-electron chi connectivity index (χ4n) is 3.03. The highest BCUT2D eigenvalue weighted by atomic mass is 32.2. The molecule has 1 amide bonds. The molecule has 6 heteroatoms. The lowest BCUT2D eigenvalue weighted by Gasteiger charge is -2.13. The average molecular weight is 356 g/mol. The van der Waals surface area contributed by atoms with E-state index < -0.39 is 0 Å². The van der Waals surface area contributed by atoms with Gasteiger partial charge in [0.2, 0.25) is 5.91 Å². The van der Waals surface area contributed by atoms with Crippen LogP contribution in [0.3, 0.4) is 0 Å². The lowest BCUT2D eigenvalue weighted by molar-refractivity contribution is -0.113. The molecule has 1 saturated carbocycles. The standard InChI is InChI=1S/C19H24N4OS/c1-5-8-23-18(15-6-7-15)21-22-19(23)25-11-16(24)20-17-13(3)9-12(2)10-14(17)4/h5,9-10,15H,1,6-8,11H2,2-4H3,(H,20,24). The number of benzene rings is 1. The Labute approximate surface area is 152 Å². The largest absolute Gasteiger partial charge is 0.325 e. The van der Waals surface area contributed by atoms with Crippen molar-refractivity contribution in [2.75, 3.05) is 11.1 Å². The van der Waals surface area contributed by atoms with Crippen LogP contribution < -0.4 is 5.32 Å². The number of allylic oxidation sites excluding steroid dienone is 1. The summed E-state index contributed by atoms with van der Waals surface area (Å²) in [5.41, 5.74) is 4.28. The zero-order chi connectivity index (χ0) is 18.0. The number of hydrogen-bond donors (Lipinski definition) is 1. The smallest absolute Gasteiger partial charge is 0.234 e. The third-order valence-corrected chi connectivity index (χ3v) is 5.24. The quantitative estimate of drug-likeness (QED) is 0.602. The molecular weight excluding hydrogens is 332 g/mol. The number of amides is 1. The molecule has 3 rings (SSSR count). The molecule has 1 N–H and O–H groups in total. The van der Waals surface area contributed by atoms with E-state index in [1.807, 2.05) is 19.9 Å². The van der Waals surface area contributed by atoms with Gasteiger partial charge in [0.15, 0.2) is 5.16 Å². The molecule has 1 aromatic heterocycles. The van der Waals surface area contributed by atoms with Crippen LogP contribution in [-0.4, -0.2) is 26.4 Å². The Morgan fingerprint density at radius 1 is 1.32 bits per heavy atom. The fourth-order valence-corrected chi connectivity index (χ4v) is 3.79. The summed E-state index contributed by atoms with van der Waals surface area (Å²) in [6.07, 6.45) is 4.19. The molecule has 0 aliphatic heterocycles. The van der Waals surface area contributed by atoms with E-state index in [0.717, 1.165) is 27.8 Å². The average Bonchev–Trinajstić information content (AvgIpc) is 3.32. The summed E-state index contributed by atoms with van der Waals surface area (Å²) in [7, 11) is 0. The van der Waals surface area contributed by atoms with Gasteiger partial charge < -0.3 is 9.88 Å². The molecule has 0 saturated heterocycles. The Bertz CT molecular complexity index is 785. The van der Waals surface area contributed by atoms with Gasteiger partial charge >= 0.3 is 0 Å². The van der Waals surface area contributed by atoms with Crippen molar-refractivity contribution in [3.63, 3.8) is 0 Å². The maximum Gasteiger partial charge on any atom is 0.234 e. The lowest BCUT2D eigenvalue weighted by Crippen LogP contribution is -2.16. The summed E-state index contributed by atoms with van der Waals surface area (Å²) < 4.78 is 2.07. The maximum absolute atomic E-state index is 12.4. The van der Waals surface area contributed by atoms with Crippen molar-refractivity contribution in [3.05, 3.63) is 47.3 Å². The zero-order valence-electron chi connectivity index (χ0n) is 15.0. The Morgan fingerprint density at radius 3 is 2.60 bits per heavy atom. The van der Waals surface area contributed by atoms with Gasteiger partial charge in [-0.3, -0.25) is 4.79 Å². The molecule has 0 spiro atoms. The van der Waals surface area contributed by atoms with Gasteiger partial charge in [0.1, 0.15) is 5.82 Å². The van der Waals surface area contributed by atoms with E-state index in [2.05, 4.69) is 45.7 Å². The Balaban J connectivity index is 1.66. The molecule has 25 heavy (non-hydrogen) atoms. The molecule has 1 aromatic carbocycles. The van der Waals surface area contributed by atoms with Crippen LogP contribution in [0, 0.1) is 20.8 Å². The summed E-state index contributed by atoms with van der Waals surface area (Å²) in [5.74, 6) is 1.83. The van der Waals surface area contributed by atoms with Crippen LogP contribution in [0.1, 0.15) is 41.3 Å². The van der Waals surface area contributed by atoms with E-state index >= 15 is 0 Å². The van der Waals surface area contributed by atoms with Crippen LogP contribution in [0.2, 0.25) is 0 Å². The third-order valence-electron chi connectivity index (χ3n) is 4.27. The fraction of sp³-hybridized carbons (Fsp3) is 0.421. The van der Waals surface area contributed by atoms with Crippen LogP contribution >= 0.6 is 11.8 Å². The van der Waals surface area contributed by atoms with Crippen molar-refractivity contribution in [2.45, 2.75) is 51.2 Å². The summed E-state index contributed by atoms with van der Waals surface area (Å²) in [6.45, 7) is 10.6. The van der Waals surface area contributed by atoms with Crippen molar-refractivity contribution < 1.29 is 4.79 Å². The van der Waals surface area contributed by atoms with Crippen molar-refractivity contribution in [2.24, 2.45) is 0 Å². The Kier molecular flexibility index (Phi) is 5.27. The van der Waals surface area contributed by atoms with Gasteiger partial charge in [-0.05, 0) is 44.7 Å². The van der Waals surface area contributed by atoms with Gasteiger partial charge in [-0.1, -0.05) is 35.5 Å².